The molecule has 3 rings (SSSR count). The van der Waals surface area contributed by atoms with Gasteiger partial charge in [0.2, 0.25) is 5.91 Å². The van der Waals surface area contributed by atoms with Crippen molar-refractivity contribution in [2.45, 2.75) is 32.2 Å². The van der Waals surface area contributed by atoms with Gasteiger partial charge in [-0.1, -0.05) is 41.9 Å². The van der Waals surface area contributed by atoms with E-state index < -0.39 is 0 Å². The number of carbonyl (C=O) groups excluding carboxylic acids is 2. The van der Waals surface area contributed by atoms with E-state index in [1.807, 2.05) is 35.2 Å². The Balaban J connectivity index is 1.63. The molecule has 0 unspecified atom stereocenters. The lowest BCUT2D eigenvalue weighted by Crippen LogP contribution is -2.48. The molecule has 2 N–H and O–H groups in total. The number of piperidine rings is 1. The highest BCUT2D eigenvalue weighted by molar-refractivity contribution is 6.69. The zero-order valence-corrected chi connectivity index (χ0v) is 16.1. The summed E-state index contributed by atoms with van der Waals surface area (Å²) in [5.74, 6) is -0.349. The summed E-state index contributed by atoms with van der Waals surface area (Å²) in [6.45, 7) is 2.48. The van der Waals surface area contributed by atoms with Crippen LogP contribution in [0.15, 0.2) is 46.6 Å². The van der Waals surface area contributed by atoms with Crippen LogP contribution in [0.4, 0.5) is 0 Å². The van der Waals surface area contributed by atoms with Crippen molar-refractivity contribution < 1.29 is 9.59 Å². The number of nitrogens with zero attached hydrogens (tertiary/aromatic N) is 3. The fourth-order valence-corrected chi connectivity index (χ4v) is 3.65. The first-order valence-corrected chi connectivity index (χ1v) is 9.74. The Kier molecular flexibility index (Phi) is 6.50. The van der Waals surface area contributed by atoms with Crippen molar-refractivity contribution in [1.82, 2.24) is 9.80 Å². The normalized spacial score (nSPS) is 18.9. The molecular formula is C20H25ClN4O2. The van der Waals surface area contributed by atoms with Crippen molar-refractivity contribution in [2.75, 3.05) is 26.2 Å². The van der Waals surface area contributed by atoms with Crippen molar-refractivity contribution in [3.63, 3.8) is 0 Å². The van der Waals surface area contributed by atoms with Gasteiger partial charge in [0.25, 0.3) is 5.91 Å². The average molecular weight is 389 g/mol. The molecule has 2 aliphatic rings. The molecule has 7 heteroatoms. The molecule has 0 radical (unpaired) electrons. The Bertz CT molecular complexity index is 755. The van der Waals surface area contributed by atoms with Crippen LogP contribution in [0.5, 0.6) is 0 Å². The third-order valence-electron chi connectivity index (χ3n) is 5.00. The minimum Gasteiger partial charge on any atom is -0.394 e. The second-order valence-electron chi connectivity index (χ2n) is 6.90. The molecule has 144 valence electrons. The van der Waals surface area contributed by atoms with Crippen LogP contribution in [-0.2, 0) is 16.1 Å². The predicted octanol–water partition coefficient (Wildman–Crippen LogP) is 2.28. The topological polar surface area (TPSA) is 79.0 Å². The Hall–Kier alpha value is -2.34. The van der Waals surface area contributed by atoms with Gasteiger partial charge in [0.05, 0.1) is 6.54 Å². The van der Waals surface area contributed by atoms with Crippen LogP contribution in [0.1, 0.15) is 31.2 Å². The monoisotopic (exact) mass is 388 g/mol. The quantitative estimate of drug-likeness (QED) is 0.786. The van der Waals surface area contributed by atoms with Crippen molar-refractivity contribution in [1.29, 1.82) is 0 Å². The lowest BCUT2D eigenvalue weighted by Gasteiger charge is -2.32. The van der Waals surface area contributed by atoms with Gasteiger partial charge in [-0.2, -0.15) is 0 Å². The summed E-state index contributed by atoms with van der Waals surface area (Å²) < 4.78 is 0. The van der Waals surface area contributed by atoms with Crippen LogP contribution in [-0.4, -0.2) is 53.0 Å². The van der Waals surface area contributed by atoms with Gasteiger partial charge in [0.15, 0.2) is 0 Å². The number of rotatable bonds is 5. The van der Waals surface area contributed by atoms with E-state index in [1.165, 1.54) is 4.90 Å². The highest BCUT2D eigenvalue weighted by atomic mass is 35.5. The van der Waals surface area contributed by atoms with E-state index in [9.17, 15) is 9.59 Å². The molecule has 0 atom stereocenters. The standard InChI is InChI=1S/C20H25ClN4O2/c21-19(23-13-15-7-3-1-4-8-15)16-9-12-25(20(27)18(16)22)14-17(26)24-10-5-2-6-11-24/h1,3-4,7-8H,2,5-6,9-14,22H2. The molecule has 1 saturated heterocycles. The number of carbonyl (C=O) groups is 2. The summed E-state index contributed by atoms with van der Waals surface area (Å²) in [4.78, 5) is 32.7. The van der Waals surface area contributed by atoms with Crippen LogP contribution in [0.2, 0.25) is 0 Å². The van der Waals surface area contributed by atoms with Crippen LogP contribution >= 0.6 is 11.6 Å². The van der Waals surface area contributed by atoms with Gasteiger partial charge in [-0.3, -0.25) is 14.6 Å². The fourth-order valence-electron chi connectivity index (χ4n) is 3.39. The molecule has 2 aliphatic heterocycles. The van der Waals surface area contributed by atoms with E-state index in [-0.39, 0.29) is 29.2 Å². The number of hydrogen-bond donors (Lipinski definition) is 1. The van der Waals surface area contributed by atoms with Crippen molar-refractivity contribution in [3.05, 3.63) is 47.2 Å². The van der Waals surface area contributed by atoms with E-state index in [0.29, 0.717) is 25.1 Å². The largest absolute Gasteiger partial charge is 0.394 e. The van der Waals surface area contributed by atoms with Gasteiger partial charge < -0.3 is 15.5 Å². The maximum Gasteiger partial charge on any atom is 0.270 e. The molecule has 0 saturated carbocycles. The number of hydrogen-bond acceptors (Lipinski definition) is 4. The third kappa shape index (κ3) is 4.89. The molecule has 1 aromatic carbocycles. The van der Waals surface area contributed by atoms with E-state index in [0.717, 1.165) is 37.9 Å². The van der Waals surface area contributed by atoms with E-state index in [1.54, 1.807) is 0 Å². The van der Waals surface area contributed by atoms with Gasteiger partial charge >= 0.3 is 0 Å². The molecule has 0 aromatic heterocycles. The van der Waals surface area contributed by atoms with Gasteiger partial charge in [-0.05, 0) is 31.2 Å². The lowest BCUT2D eigenvalue weighted by atomic mass is 10.1. The highest BCUT2D eigenvalue weighted by Crippen LogP contribution is 2.20. The van der Waals surface area contributed by atoms with Crippen LogP contribution in [0, 0.1) is 0 Å². The first-order chi connectivity index (χ1) is 13.1. The molecule has 2 amide bonds. The average Bonchev–Trinajstić information content (AvgIpc) is 2.71. The van der Waals surface area contributed by atoms with Gasteiger partial charge in [0.1, 0.15) is 17.4 Å². The Morgan fingerprint density at radius 1 is 1.11 bits per heavy atom. The molecule has 6 nitrogen and oxygen atoms in total. The Labute approximate surface area is 164 Å². The fraction of sp³-hybridized carbons (Fsp3) is 0.450. The second-order valence-corrected chi connectivity index (χ2v) is 7.26. The molecule has 2 heterocycles. The summed E-state index contributed by atoms with van der Waals surface area (Å²) in [6, 6.07) is 9.74. The summed E-state index contributed by atoms with van der Waals surface area (Å²) in [5.41, 5.74) is 7.73. The maximum atomic E-state index is 12.6. The minimum atomic E-state index is -0.338. The van der Waals surface area contributed by atoms with Gasteiger partial charge in [-0.15, -0.1) is 0 Å². The number of amides is 2. The van der Waals surface area contributed by atoms with E-state index >= 15 is 0 Å². The zero-order chi connectivity index (χ0) is 19.2. The summed E-state index contributed by atoms with van der Waals surface area (Å²) in [6.07, 6.45) is 3.72. The SMILES string of the molecule is NC1=C(C(Cl)=NCc2ccccc2)CCN(CC(=O)N2CCCCC2)C1=O. The predicted molar refractivity (Wildman–Crippen MR) is 106 cm³/mol. The Morgan fingerprint density at radius 3 is 2.52 bits per heavy atom. The zero-order valence-electron chi connectivity index (χ0n) is 15.4. The molecule has 0 bridgehead atoms. The summed E-state index contributed by atoms with van der Waals surface area (Å²) >= 11 is 6.31. The molecule has 0 spiro atoms. The van der Waals surface area contributed by atoms with Crippen LogP contribution < -0.4 is 5.73 Å². The molecule has 1 fully saturated rings. The van der Waals surface area contributed by atoms with Crippen LogP contribution in [0.25, 0.3) is 0 Å². The van der Waals surface area contributed by atoms with Crippen molar-refractivity contribution in [3.8, 4) is 0 Å². The number of likely N-dealkylation sites (tertiary alicyclic amines) is 1. The minimum absolute atomic E-state index is 0.0110. The number of benzene rings is 1. The molecular weight excluding hydrogens is 364 g/mol. The molecule has 0 aliphatic carbocycles. The molecule has 1 aromatic rings. The Morgan fingerprint density at radius 2 is 1.81 bits per heavy atom. The number of nitrogens with two attached hydrogens (primary N) is 1. The number of aliphatic imine (C=N–C) groups is 1. The summed E-state index contributed by atoms with van der Waals surface area (Å²) in [7, 11) is 0. The van der Waals surface area contributed by atoms with Gasteiger partial charge in [0, 0.05) is 25.2 Å². The van der Waals surface area contributed by atoms with Crippen LogP contribution in [0.3, 0.4) is 0 Å². The first kappa shape index (κ1) is 19.4. The van der Waals surface area contributed by atoms with E-state index in [4.69, 9.17) is 17.3 Å². The maximum absolute atomic E-state index is 12.6. The summed E-state index contributed by atoms with van der Waals surface area (Å²) in [5, 5.41) is 0.270. The van der Waals surface area contributed by atoms with Crippen molar-refractivity contribution >= 4 is 28.6 Å². The first-order valence-electron chi connectivity index (χ1n) is 9.36. The second kappa shape index (κ2) is 9.04. The van der Waals surface area contributed by atoms with E-state index in [2.05, 4.69) is 4.99 Å². The smallest absolute Gasteiger partial charge is 0.270 e. The third-order valence-corrected chi connectivity index (χ3v) is 5.35. The lowest BCUT2D eigenvalue weighted by molar-refractivity contribution is -0.139. The van der Waals surface area contributed by atoms with Crippen molar-refractivity contribution in [2.24, 2.45) is 10.7 Å². The number of halogens is 1. The highest BCUT2D eigenvalue weighted by Gasteiger charge is 2.29. The van der Waals surface area contributed by atoms with Gasteiger partial charge in [-0.25, -0.2) is 0 Å². The molecule has 27 heavy (non-hydrogen) atoms.